The zero-order valence-corrected chi connectivity index (χ0v) is 10.8. The Morgan fingerprint density at radius 2 is 1.55 bits per heavy atom. The monoisotopic (exact) mass is 283 g/mol. The highest BCUT2D eigenvalue weighted by atomic mass is 19.1. The van der Waals surface area contributed by atoms with Crippen molar-refractivity contribution in [3.05, 3.63) is 70.8 Å². The van der Waals surface area contributed by atoms with Gasteiger partial charge in [-0.05, 0) is 37.2 Å². The second kappa shape index (κ2) is 6.05. The van der Waals surface area contributed by atoms with E-state index < -0.39 is 29.3 Å². The molecule has 0 amide bonds. The van der Waals surface area contributed by atoms with Crippen LogP contribution in [-0.4, -0.2) is 7.05 Å². The molecule has 1 N–H and O–H groups in total. The Morgan fingerprint density at radius 3 is 2.10 bits per heavy atom. The van der Waals surface area contributed by atoms with Gasteiger partial charge in [-0.25, -0.2) is 17.6 Å². The molecule has 0 saturated carbocycles. The fraction of sp³-hybridized carbons (Fsp3) is 0.200. The van der Waals surface area contributed by atoms with E-state index in [2.05, 4.69) is 5.32 Å². The normalized spacial score (nSPS) is 12.4. The summed E-state index contributed by atoms with van der Waals surface area (Å²) in [6.45, 7) is 0. The van der Waals surface area contributed by atoms with E-state index in [-0.39, 0.29) is 12.0 Å². The Bertz CT molecular complexity index is 593. The van der Waals surface area contributed by atoms with Gasteiger partial charge in [0.25, 0.3) is 0 Å². The first-order valence-corrected chi connectivity index (χ1v) is 6.07. The van der Waals surface area contributed by atoms with E-state index in [9.17, 15) is 17.6 Å². The van der Waals surface area contributed by atoms with E-state index >= 15 is 0 Å². The molecule has 1 atom stereocenters. The molecule has 2 aromatic rings. The van der Waals surface area contributed by atoms with E-state index in [1.54, 1.807) is 7.05 Å². The number of likely N-dealkylation sites (N-methyl/N-ethyl adjacent to an activating group) is 1. The van der Waals surface area contributed by atoms with Crippen LogP contribution in [0.15, 0.2) is 36.4 Å². The summed E-state index contributed by atoms with van der Waals surface area (Å²) in [5.74, 6) is -2.73. The van der Waals surface area contributed by atoms with Crippen LogP contribution in [0.4, 0.5) is 17.6 Å². The molecular weight excluding hydrogens is 270 g/mol. The maximum atomic E-state index is 13.7. The van der Waals surface area contributed by atoms with Crippen LogP contribution < -0.4 is 5.32 Å². The summed E-state index contributed by atoms with van der Waals surface area (Å²) in [5.41, 5.74) is 0.643. The summed E-state index contributed by atoms with van der Waals surface area (Å²) in [6, 6.07) is 5.90. The van der Waals surface area contributed by atoms with Crippen LogP contribution in [-0.2, 0) is 6.42 Å². The Morgan fingerprint density at radius 1 is 0.900 bits per heavy atom. The van der Waals surface area contributed by atoms with Gasteiger partial charge in [0.15, 0.2) is 0 Å². The quantitative estimate of drug-likeness (QED) is 0.843. The van der Waals surface area contributed by atoms with Gasteiger partial charge in [-0.3, -0.25) is 0 Å². The lowest BCUT2D eigenvalue weighted by Gasteiger charge is -2.17. The molecular formula is C15H13F4N. The highest BCUT2D eigenvalue weighted by Crippen LogP contribution is 2.22. The van der Waals surface area contributed by atoms with E-state index in [1.807, 2.05) is 0 Å². The average molecular weight is 283 g/mol. The molecule has 0 aliphatic heterocycles. The van der Waals surface area contributed by atoms with Crippen LogP contribution in [0.3, 0.4) is 0 Å². The lowest BCUT2D eigenvalue weighted by atomic mass is 9.98. The second-order valence-electron chi connectivity index (χ2n) is 4.49. The van der Waals surface area contributed by atoms with Crippen molar-refractivity contribution in [3.63, 3.8) is 0 Å². The molecule has 0 aliphatic carbocycles. The third-order valence-electron chi connectivity index (χ3n) is 3.05. The van der Waals surface area contributed by atoms with Gasteiger partial charge < -0.3 is 5.32 Å². The summed E-state index contributed by atoms with van der Waals surface area (Å²) in [6.07, 6.45) is 0.188. The Labute approximate surface area is 114 Å². The molecule has 1 unspecified atom stereocenters. The van der Waals surface area contributed by atoms with Gasteiger partial charge in [-0.15, -0.1) is 0 Å². The van der Waals surface area contributed by atoms with Crippen molar-refractivity contribution in [1.29, 1.82) is 0 Å². The number of benzene rings is 2. The van der Waals surface area contributed by atoms with Gasteiger partial charge in [-0.1, -0.05) is 6.07 Å². The zero-order valence-electron chi connectivity index (χ0n) is 10.8. The van der Waals surface area contributed by atoms with Crippen molar-refractivity contribution in [1.82, 2.24) is 5.32 Å². The van der Waals surface area contributed by atoms with Gasteiger partial charge in [0.05, 0.1) is 0 Å². The maximum Gasteiger partial charge on any atom is 0.130 e. The number of halogens is 4. The third-order valence-corrected chi connectivity index (χ3v) is 3.05. The molecule has 5 heteroatoms. The highest BCUT2D eigenvalue weighted by molar-refractivity contribution is 5.26. The van der Waals surface area contributed by atoms with Gasteiger partial charge in [0.2, 0.25) is 0 Å². The fourth-order valence-corrected chi connectivity index (χ4v) is 2.12. The van der Waals surface area contributed by atoms with Crippen molar-refractivity contribution < 1.29 is 17.6 Å². The number of hydrogen-bond donors (Lipinski definition) is 1. The minimum absolute atomic E-state index is 0.188. The summed E-state index contributed by atoms with van der Waals surface area (Å²) in [7, 11) is 1.60. The van der Waals surface area contributed by atoms with Gasteiger partial charge in [-0.2, -0.15) is 0 Å². The molecule has 2 rings (SSSR count). The summed E-state index contributed by atoms with van der Waals surface area (Å²) in [4.78, 5) is 0. The highest BCUT2D eigenvalue weighted by Gasteiger charge is 2.16. The predicted octanol–water partition coefficient (Wildman–Crippen LogP) is 3.75. The standard InChI is InChI=1S/C15H13F4N/c1-20-15(13-3-2-10(16)8-14(13)19)6-9-4-11(17)7-12(18)5-9/h2-5,7-8,15,20H,6H2,1H3. The smallest absolute Gasteiger partial charge is 0.130 e. The van der Waals surface area contributed by atoms with Gasteiger partial charge in [0.1, 0.15) is 23.3 Å². The van der Waals surface area contributed by atoms with Crippen molar-refractivity contribution in [2.45, 2.75) is 12.5 Å². The number of nitrogens with one attached hydrogen (secondary N) is 1. The molecule has 0 aliphatic rings. The summed E-state index contributed by atoms with van der Waals surface area (Å²) >= 11 is 0. The van der Waals surface area contributed by atoms with Crippen LogP contribution in [0.25, 0.3) is 0 Å². The molecule has 20 heavy (non-hydrogen) atoms. The predicted molar refractivity (Wildman–Crippen MR) is 68.2 cm³/mol. The molecule has 0 radical (unpaired) electrons. The van der Waals surface area contributed by atoms with E-state index in [0.717, 1.165) is 18.2 Å². The third kappa shape index (κ3) is 3.36. The first-order valence-electron chi connectivity index (χ1n) is 6.07. The lowest BCUT2D eigenvalue weighted by molar-refractivity contribution is 0.518. The first kappa shape index (κ1) is 14.5. The topological polar surface area (TPSA) is 12.0 Å². The molecule has 1 nitrogen and oxygen atoms in total. The van der Waals surface area contributed by atoms with Crippen LogP contribution in [0.2, 0.25) is 0 Å². The molecule has 0 aromatic heterocycles. The van der Waals surface area contributed by atoms with Gasteiger partial charge >= 0.3 is 0 Å². The van der Waals surface area contributed by atoms with Crippen LogP contribution in [0.1, 0.15) is 17.2 Å². The first-order chi connectivity index (χ1) is 9.49. The molecule has 106 valence electrons. The molecule has 0 fully saturated rings. The summed E-state index contributed by atoms with van der Waals surface area (Å²) in [5, 5.41) is 2.86. The van der Waals surface area contributed by atoms with Crippen LogP contribution >= 0.6 is 0 Å². The average Bonchev–Trinajstić information content (AvgIpc) is 2.35. The second-order valence-corrected chi connectivity index (χ2v) is 4.49. The zero-order chi connectivity index (χ0) is 14.7. The van der Waals surface area contributed by atoms with E-state index in [1.165, 1.54) is 18.2 Å². The van der Waals surface area contributed by atoms with Crippen molar-refractivity contribution in [2.24, 2.45) is 0 Å². The van der Waals surface area contributed by atoms with Crippen molar-refractivity contribution >= 4 is 0 Å². The Balaban J connectivity index is 2.28. The molecule has 0 bridgehead atoms. The van der Waals surface area contributed by atoms with E-state index in [4.69, 9.17) is 0 Å². The Kier molecular flexibility index (Phi) is 4.39. The van der Waals surface area contributed by atoms with Gasteiger partial charge in [0, 0.05) is 23.7 Å². The molecule has 0 spiro atoms. The van der Waals surface area contributed by atoms with E-state index in [0.29, 0.717) is 5.56 Å². The SMILES string of the molecule is CNC(Cc1cc(F)cc(F)c1)c1ccc(F)cc1F. The summed E-state index contributed by atoms with van der Waals surface area (Å²) < 4.78 is 52.9. The minimum Gasteiger partial charge on any atom is -0.313 e. The molecule has 0 saturated heterocycles. The Hall–Kier alpha value is -1.88. The van der Waals surface area contributed by atoms with Crippen LogP contribution in [0.5, 0.6) is 0 Å². The molecule has 0 heterocycles. The maximum absolute atomic E-state index is 13.7. The van der Waals surface area contributed by atoms with Crippen LogP contribution in [0, 0.1) is 23.3 Å². The lowest BCUT2D eigenvalue weighted by Crippen LogP contribution is -2.20. The molecule has 2 aromatic carbocycles. The largest absolute Gasteiger partial charge is 0.313 e. The number of hydrogen-bond acceptors (Lipinski definition) is 1. The van der Waals surface area contributed by atoms with Crippen molar-refractivity contribution in [3.8, 4) is 0 Å². The van der Waals surface area contributed by atoms with Crippen molar-refractivity contribution in [2.75, 3.05) is 7.05 Å². The fourth-order valence-electron chi connectivity index (χ4n) is 2.12. The number of rotatable bonds is 4. The minimum atomic E-state index is -0.693.